The van der Waals surface area contributed by atoms with E-state index in [-0.39, 0.29) is 11.9 Å². The summed E-state index contributed by atoms with van der Waals surface area (Å²) in [7, 11) is 0. The van der Waals surface area contributed by atoms with E-state index >= 15 is 0 Å². The van der Waals surface area contributed by atoms with Crippen molar-refractivity contribution in [1.82, 2.24) is 5.32 Å². The summed E-state index contributed by atoms with van der Waals surface area (Å²) >= 11 is 0. The van der Waals surface area contributed by atoms with Crippen molar-refractivity contribution in [2.24, 2.45) is 5.73 Å². The van der Waals surface area contributed by atoms with Crippen LogP contribution in [0.25, 0.3) is 0 Å². The molecule has 0 bridgehead atoms. The number of carbonyl (C=O) groups excluding carboxylic acids is 2. The van der Waals surface area contributed by atoms with Gasteiger partial charge in [-0.25, -0.2) is 0 Å². The van der Waals surface area contributed by atoms with E-state index in [1.807, 2.05) is 0 Å². The van der Waals surface area contributed by atoms with Crippen LogP contribution < -0.4 is 22.1 Å². The van der Waals surface area contributed by atoms with Crippen LogP contribution in [0.1, 0.15) is 16.8 Å². The van der Waals surface area contributed by atoms with Crippen molar-refractivity contribution < 1.29 is 9.59 Å². The fourth-order valence-electron chi connectivity index (χ4n) is 1.82. The molecule has 1 unspecified atom stereocenters. The minimum Gasteiger partial charge on any atom is -0.399 e. The first kappa shape index (κ1) is 11.3. The third-order valence-electron chi connectivity index (χ3n) is 2.65. The molecule has 6 N–H and O–H groups in total. The first-order chi connectivity index (χ1) is 8.06. The number of amides is 2. The third-order valence-corrected chi connectivity index (χ3v) is 2.65. The maximum Gasteiger partial charge on any atom is 0.250 e. The molecule has 6 nitrogen and oxygen atoms in total. The molecule has 1 aliphatic heterocycles. The van der Waals surface area contributed by atoms with Gasteiger partial charge in [-0.15, -0.1) is 0 Å². The highest BCUT2D eigenvalue weighted by Gasteiger charge is 2.22. The Labute approximate surface area is 98.4 Å². The van der Waals surface area contributed by atoms with Crippen LogP contribution in [0.5, 0.6) is 0 Å². The van der Waals surface area contributed by atoms with E-state index in [4.69, 9.17) is 11.5 Å². The topological polar surface area (TPSA) is 110 Å². The molecule has 0 radical (unpaired) electrons. The van der Waals surface area contributed by atoms with Gasteiger partial charge in [0.25, 0.3) is 5.91 Å². The van der Waals surface area contributed by atoms with Gasteiger partial charge in [-0.2, -0.15) is 0 Å². The lowest BCUT2D eigenvalue weighted by molar-refractivity contribution is -0.119. The number of rotatable bonds is 3. The Hall–Kier alpha value is -2.24. The molecule has 0 saturated carbocycles. The number of nitrogens with one attached hydrogen (secondary N) is 2. The summed E-state index contributed by atoms with van der Waals surface area (Å²) in [5.74, 6) is -0.546. The Morgan fingerprint density at radius 2 is 2.24 bits per heavy atom. The van der Waals surface area contributed by atoms with Crippen LogP contribution in [0.4, 0.5) is 11.4 Å². The molecule has 6 heteroatoms. The Kier molecular flexibility index (Phi) is 2.86. The van der Waals surface area contributed by atoms with Crippen molar-refractivity contribution in [3.63, 3.8) is 0 Å². The highest BCUT2D eigenvalue weighted by atomic mass is 16.2. The summed E-state index contributed by atoms with van der Waals surface area (Å²) in [5.41, 5.74) is 12.3. The number of benzene rings is 1. The van der Waals surface area contributed by atoms with Crippen LogP contribution in [0.2, 0.25) is 0 Å². The minimum atomic E-state index is -0.544. The molecule has 2 amide bonds. The van der Waals surface area contributed by atoms with Gasteiger partial charge in [-0.1, -0.05) is 0 Å². The summed E-state index contributed by atoms with van der Waals surface area (Å²) < 4.78 is 0. The Morgan fingerprint density at radius 3 is 2.82 bits per heavy atom. The largest absolute Gasteiger partial charge is 0.399 e. The molecule has 1 aromatic carbocycles. The number of hydrogen-bond acceptors (Lipinski definition) is 4. The summed E-state index contributed by atoms with van der Waals surface area (Å²) in [6.07, 6.45) is 0.391. The van der Waals surface area contributed by atoms with Gasteiger partial charge in [0.15, 0.2) is 0 Å². The zero-order valence-electron chi connectivity index (χ0n) is 9.19. The highest BCUT2D eigenvalue weighted by Crippen LogP contribution is 2.20. The molecule has 1 saturated heterocycles. The number of anilines is 2. The van der Waals surface area contributed by atoms with Gasteiger partial charge in [-0.3, -0.25) is 9.59 Å². The Bertz CT molecular complexity index is 473. The lowest BCUT2D eigenvalue weighted by Crippen LogP contribution is -2.24. The molecule has 2 rings (SSSR count). The van der Waals surface area contributed by atoms with Crippen molar-refractivity contribution in [1.29, 1.82) is 0 Å². The Balaban J connectivity index is 2.20. The fraction of sp³-hybridized carbons (Fsp3) is 0.273. The van der Waals surface area contributed by atoms with Crippen LogP contribution in [-0.2, 0) is 4.79 Å². The number of nitrogen functional groups attached to an aromatic ring is 1. The van der Waals surface area contributed by atoms with Gasteiger partial charge in [0.1, 0.15) is 0 Å². The SMILES string of the molecule is NC(=O)c1cc(N)ccc1NC1CNC(=O)C1. The number of primary amides is 1. The van der Waals surface area contributed by atoms with Crippen LogP contribution in [0.15, 0.2) is 18.2 Å². The van der Waals surface area contributed by atoms with Crippen molar-refractivity contribution in [2.45, 2.75) is 12.5 Å². The maximum absolute atomic E-state index is 11.3. The second-order valence-corrected chi connectivity index (χ2v) is 4.02. The average molecular weight is 234 g/mol. The molecule has 1 fully saturated rings. The van der Waals surface area contributed by atoms with Gasteiger partial charge in [0.05, 0.1) is 11.6 Å². The Morgan fingerprint density at radius 1 is 1.47 bits per heavy atom. The monoisotopic (exact) mass is 234 g/mol. The van der Waals surface area contributed by atoms with E-state index in [0.717, 1.165) is 0 Å². The van der Waals surface area contributed by atoms with E-state index in [2.05, 4.69) is 10.6 Å². The van der Waals surface area contributed by atoms with E-state index in [9.17, 15) is 9.59 Å². The van der Waals surface area contributed by atoms with Gasteiger partial charge in [-0.05, 0) is 18.2 Å². The number of hydrogen-bond donors (Lipinski definition) is 4. The quantitative estimate of drug-likeness (QED) is 0.536. The van der Waals surface area contributed by atoms with E-state index < -0.39 is 5.91 Å². The molecule has 90 valence electrons. The first-order valence-electron chi connectivity index (χ1n) is 5.29. The molecule has 17 heavy (non-hydrogen) atoms. The van der Waals surface area contributed by atoms with Gasteiger partial charge in [0.2, 0.25) is 5.91 Å². The van der Waals surface area contributed by atoms with Gasteiger partial charge >= 0.3 is 0 Å². The molecule has 1 heterocycles. The smallest absolute Gasteiger partial charge is 0.250 e. The molecular weight excluding hydrogens is 220 g/mol. The second kappa shape index (κ2) is 4.32. The molecule has 0 aliphatic carbocycles. The maximum atomic E-state index is 11.3. The second-order valence-electron chi connectivity index (χ2n) is 4.02. The average Bonchev–Trinajstić information content (AvgIpc) is 2.66. The zero-order valence-corrected chi connectivity index (χ0v) is 9.19. The minimum absolute atomic E-state index is 0.00132. The first-order valence-corrected chi connectivity index (χ1v) is 5.29. The van der Waals surface area contributed by atoms with Crippen molar-refractivity contribution in [3.05, 3.63) is 23.8 Å². The summed E-state index contributed by atoms with van der Waals surface area (Å²) in [4.78, 5) is 22.3. The van der Waals surface area contributed by atoms with Crippen LogP contribution in [0.3, 0.4) is 0 Å². The molecule has 0 aromatic heterocycles. The summed E-state index contributed by atoms with van der Waals surface area (Å²) in [6, 6.07) is 4.87. The predicted molar refractivity (Wildman–Crippen MR) is 64.4 cm³/mol. The van der Waals surface area contributed by atoms with E-state index in [1.54, 1.807) is 12.1 Å². The van der Waals surface area contributed by atoms with Crippen LogP contribution in [0, 0.1) is 0 Å². The van der Waals surface area contributed by atoms with E-state index in [1.165, 1.54) is 6.07 Å². The van der Waals surface area contributed by atoms with E-state index in [0.29, 0.717) is 29.9 Å². The fourth-order valence-corrected chi connectivity index (χ4v) is 1.82. The normalized spacial score (nSPS) is 18.8. The molecule has 1 aliphatic rings. The molecule has 1 atom stereocenters. The summed E-state index contributed by atoms with van der Waals surface area (Å²) in [5, 5.41) is 5.82. The molecular formula is C11H14N4O2. The van der Waals surface area contributed by atoms with Crippen molar-refractivity contribution in [2.75, 3.05) is 17.6 Å². The highest BCUT2D eigenvalue weighted by molar-refractivity contribution is 5.99. The predicted octanol–water partition coefficient (Wildman–Crippen LogP) is -0.332. The lowest BCUT2D eigenvalue weighted by Gasteiger charge is -2.15. The van der Waals surface area contributed by atoms with Crippen molar-refractivity contribution >= 4 is 23.2 Å². The molecule has 1 aromatic rings. The standard InChI is InChI=1S/C11H14N4O2/c12-6-1-2-9(8(3-6)11(13)17)15-7-4-10(16)14-5-7/h1-3,7,15H,4-5,12H2,(H2,13,17)(H,14,16). The zero-order chi connectivity index (χ0) is 12.4. The third kappa shape index (κ3) is 2.47. The van der Waals surface area contributed by atoms with Crippen LogP contribution >= 0.6 is 0 Å². The molecule has 0 spiro atoms. The van der Waals surface area contributed by atoms with Crippen molar-refractivity contribution in [3.8, 4) is 0 Å². The van der Waals surface area contributed by atoms with Crippen LogP contribution in [-0.4, -0.2) is 24.4 Å². The summed E-state index contributed by atoms with van der Waals surface area (Å²) in [6.45, 7) is 0.543. The number of nitrogens with two attached hydrogens (primary N) is 2. The number of carbonyl (C=O) groups is 2. The van der Waals surface area contributed by atoms with Gasteiger partial charge < -0.3 is 22.1 Å². The van der Waals surface area contributed by atoms with Gasteiger partial charge in [0, 0.05) is 24.3 Å². The lowest BCUT2D eigenvalue weighted by atomic mass is 10.1.